The molecule has 1 aromatic heterocycles. The molecule has 1 saturated carbocycles. The molecule has 0 radical (unpaired) electrons. The van der Waals surface area contributed by atoms with Crippen LogP contribution in [0.3, 0.4) is 0 Å². The number of carbonyl (C=O) groups is 1. The Balaban J connectivity index is 1.50. The van der Waals surface area contributed by atoms with E-state index in [2.05, 4.69) is 16.5 Å². The minimum absolute atomic E-state index is 0.0578. The number of hydrogen-bond donors (Lipinski definition) is 1. The Morgan fingerprint density at radius 3 is 2.70 bits per heavy atom. The lowest BCUT2D eigenvalue weighted by Gasteiger charge is -2.32. The number of nitrogens with one attached hydrogen (secondary N) is 1. The number of benzene rings is 2. The van der Waals surface area contributed by atoms with Crippen molar-refractivity contribution >= 4 is 16.8 Å². The summed E-state index contributed by atoms with van der Waals surface area (Å²) in [6.07, 6.45) is 6.38. The second-order valence-corrected chi connectivity index (χ2v) is 7.21. The molecular formula is C22H25N3O2. The molecule has 5 heteroatoms. The summed E-state index contributed by atoms with van der Waals surface area (Å²) in [5, 5.41) is 8.85. The smallest absolute Gasteiger partial charge is 0.222 e. The number of ether oxygens (including phenoxy) is 1. The molecule has 0 bridgehead atoms. The minimum Gasteiger partial charge on any atom is -0.496 e. The van der Waals surface area contributed by atoms with Crippen LogP contribution in [0, 0.1) is 0 Å². The van der Waals surface area contributed by atoms with Crippen LogP contribution in [0.4, 0.5) is 0 Å². The van der Waals surface area contributed by atoms with E-state index < -0.39 is 0 Å². The summed E-state index contributed by atoms with van der Waals surface area (Å²) < 4.78 is 7.47. The van der Waals surface area contributed by atoms with Crippen molar-refractivity contribution in [2.45, 2.75) is 44.2 Å². The van der Waals surface area contributed by atoms with E-state index in [0.29, 0.717) is 13.0 Å². The maximum atomic E-state index is 12.8. The Morgan fingerprint density at radius 2 is 1.89 bits per heavy atom. The fourth-order valence-corrected chi connectivity index (χ4v) is 4.22. The highest BCUT2D eigenvalue weighted by molar-refractivity contribution is 5.79. The molecule has 1 aliphatic carbocycles. The Bertz CT molecular complexity index is 941. The molecule has 0 aliphatic heterocycles. The van der Waals surface area contributed by atoms with Gasteiger partial charge in [0.2, 0.25) is 5.91 Å². The molecule has 1 fully saturated rings. The molecule has 0 unspecified atom stereocenters. The summed E-state index contributed by atoms with van der Waals surface area (Å²) in [7, 11) is 1.69. The van der Waals surface area contributed by atoms with Gasteiger partial charge in [0.25, 0.3) is 0 Å². The number of nitrogens with zero attached hydrogens (tertiary/aromatic N) is 2. The van der Waals surface area contributed by atoms with E-state index in [1.165, 1.54) is 0 Å². The maximum Gasteiger partial charge on any atom is 0.222 e. The second kappa shape index (κ2) is 7.43. The molecule has 1 aliphatic rings. The van der Waals surface area contributed by atoms with Gasteiger partial charge in [-0.25, -0.2) is 0 Å². The van der Waals surface area contributed by atoms with E-state index in [1.54, 1.807) is 7.11 Å². The monoisotopic (exact) mass is 363 g/mol. The SMILES string of the molecule is COc1ccccc1C1(NC(=O)CCn2ncc3ccccc32)CCCC1. The Kier molecular flexibility index (Phi) is 4.84. The molecule has 140 valence electrons. The number of rotatable bonds is 6. The largest absolute Gasteiger partial charge is 0.496 e. The van der Waals surface area contributed by atoms with Crippen molar-refractivity contribution in [2.75, 3.05) is 7.11 Å². The van der Waals surface area contributed by atoms with Gasteiger partial charge in [-0.1, -0.05) is 49.2 Å². The fourth-order valence-electron chi connectivity index (χ4n) is 4.22. The molecule has 2 aromatic carbocycles. The van der Waals surface area contributed by atoms with E-state index in [4.69, 9.17) is 4.74 Å². The summed E-state index contributed by atoms with van der Waals surface area (Å²) in [5.41, 5.74) is 1.82. The Labute approximate surface area is 159 Å². The standard InChI is InChI=1S/C22H25N3O2/c1-27-20-11-5-3-9-18(20)22(13-6-7-14-22)24-21(26)12-15-25-19-10-4-2-8-17(19)16-23-25/h2-5,8-11,16H,6-7,12-15H2,1H3,(H,24,26). The summed E-state index contributed by atoms with van der Waals surface area (Å²) in [6.45, 7) is 0.571. The van der Waals surface area contributed by atoms with Gasteiger partial charge in [0, 0.05) is 17.4 Å². The van der Waals surface area contributed by atoms with Crippen LogP contribution in [0.1, 0.15) is 37.7 Å². The average Bonchev–Trinajstić information content (AvgIpc) is 3.34. The molecule has 1 N–H and O–H groups in total. The minimum atomic E-state index is -0.324. The number of amides is 1. The molecule has 0 saturated heterocycles. The van der Waals surface area contributed by atoms with E-state index in [-0.39, 0.29) is 11.4 Å². The zero-order valence-corrected chi connectivity index (χ0v) is 15.6. The number of para-hydroxylation sites is 2. The van der Waals surface area contributed by atoms with Crippen LogP contribution in [-0.4, -0.2) is 22.8 Å². The molecule has 5 nitrogen and oxygen atoms in total. The predicted molar refractivity (Wildman–Crippen MR) is 106 cm³/mol. The average molecular weight is 363 g/mol. The fraction of sp³-hybridized carbons (Fsp3) is 0.364. The highest BCUT2D eigenvalue weighted by Gasteiger charge is 2.38. The normalized spacial score (nSPS) is 15.7. The van der Waals surface area contributed by atoms with Gasteiger partial charge in [0.05, 0.1) is 30.9 Å². The van der Waals surface area contributed by atoms with Gasteiger partial charge in [-0.05, 0) is 25.0 Å². The first-order valence-electron chi connectivity index (χ1n) is 9.57. The third kappa shape index (κ3) is 3.42. The molecular weight excluding hydrogens is 338 g/mol. The van der Waals surface area contributed by atoms with Crippen LogP contribution in [0.15, 0.2) is 54.7 Å². The molecule has 1 amide bonds. The predicted octanol–water partition coefficient (Wildman–Crippen LogP) is 4.02. The molecule has 27 heavy (non-hydrogen) atoms. The van der Waals surface area contributed by atoms with Crippen LogP contribution in [0.25, 0.3) is 10.9 Å². The topological polar surface area (TPSA) is 56.1 Å². The first kappa shape index (κ1) is 17.6. The number of aromatic nitrogens is 2. The van der Waals surface area contributed by atoms with E-state index in [0.717, 1.165) is 47.9 Å². The summed E-state index contributed by atoms with van der Waals surface area (Å²) in [5.74, 6) is 0.903. The summed E-state index contributed by atoms with van der Waals surface area (Å²) in [6, 6.07) is 16.1. The highest BCUT2D eigenvalue weighted by atomic mass is 16.5. The van der Waals surface area contributed by atoms with Crippen molar-refractivity contribution in [2.24, 2.45) is 0 Å². The number of methoxy groups -OCH3 is 1. The molecule has 1 heterocycles. The van der Waals surface area contributed by atoms with Crippen LogP contribution in [0.5, 0.6) is 5.75 Å². The van der Waals surface area contributed by atoms with Gasteiger partial charge in [-0.3, -0.25) is 9.48 Å². The van der Waals surface area contributed by atoms with Gasteiger partial charge in [0.15, 0.2) is 0 Å². The molecule has 0 spiro atoms. The van der Waals surface area contributed by atoms with Gasteiger partial charge in [-0.15, -0.1) is 0 Å². The lowest BCUT2D eigenvalue weighted by atomic mass is 9.87. The zero-order chi connectivity index (χ0) is 18.7. The van der Waals surface area contributed by atoms with Crippen molar-refractivity contribution in [3.8, 4) is 5.75 Å². The molecule has 4 rings (SSSR count). The number of aryl methyl sites for hydroxylation is 1. The first-order chi connectivity index (χ1) is 13.2. The molecule has 3 aromatic rings. The number of carbonyl (C=O) groups excluding carboxylic acids is 1. The van der Waals surface area contributed by atoms with Gasteiger partial charge in [0.1, 0.15) is 5.75 Å². The quantitative estimate of drug-likeness (QED) is 0.720. The second-order valence-electron chi connectivity index (χ2n) is 7.21. The third-order valence-electron chi connectivity index (χ3n) is 5.56. The van der Waals surface area contributed by atoms with E-state index >= 15 is 0 Å². The van der Waals surface area contributed by atoms with Crippen LogP contribution < -0.4 is 10.1 Å². The van der Waals surface area contributed by atoms with Crippen LogP contribution in [-0.2, 0) is 16.9 Å². The van der Waals surface area contributed by atoms with Gasteiger partial charge >= 0.3 is 0 Å². The Hall–Kier alpha value is -2.82. The van der Waals surface area contributed by atoms with Crippen molar-refractivity contribution < 1.29 is 9.53 Å². The summed E-state index contributed by atoms with van der Waals surface area (Å²) in [4.78, 5) is 12.8. The van der Waals surface area contributed by atoms with Crippen molar-refractivity contribution in [3.05, 3.63) is 60.3 Å². The van der Waals surface area contributed by atoms with Crippen LogP contribution >= 0.6 is 0 Å². The first-order valence-corrected chi connectivity index (χ1v) is 9.57. The van der Waals surface area contributed by atoms with Crippen molar-refractivity contribution in [1.82, 2.24) is 15.1 Å². The van der Waals surface area contributed by atoms with Crippen LogP contribution in [0.2, 0.25) is 0 Å². The summed E-state index contributed by atoms with van der Waals surface area (Å²) >= 11 is 0. The number of hydrogen-bond acceptors (Lipinski definition) is 3. The van der Waals surface area contributed by atoms with Crippen molar-refractivity contribution in [1.29, 1.82) is 0 Å². The lowest BCUT2D eigenvalue weighted by molar-refractivity contribution is -0.123. The van der Waals surface area contributed by atoms with Crippen molar-refractivity contribution in [3.63, 3.8) is 0 Å². The van der Waals surface area contributed by atoms with Gasteiger partial charge < -0.3 is 10.1 Å². The molecule has 0 atom stereocenters. The highest BCUT2D eigenvalue weighted by Crippen LogP contribution is 2.42. The van der Waals surface area contributed by atoms with E-state index in [9.17, 15) is 4.79 Å². The van der Waals surface area contributed by atoms with E-state index in [1.807, 2.05) is 53.3 Å². The number of fused-ring (bicyclic) bond motifs is 1. The Morgan fingerprint density at radius 1 is 1.15 bits per heavy atom. The lowest BCUT2D eigenvalue weighted by Crippen LogP contribution is -2.44. The third-order valence-corrected chi connectivity index (χ3v) is 5.56. The maximum absolute atomic E-state index is 12.8. The zero-order valence-electron chi connectivity index (χ0n) is 15.6. The van der Waals surface area contributed by atoms with Gasteiger partial charge in [-0.2, -0.15) is 5.10 Å².